The molecule has 1 heterocycles. The van der Waals surface area contributed by atoms with Crippen molar-refractivity contribution >= 4 is 0 Å². The molecule has 2 nitrogen and oxygen atoms in total. The zero-order chi connectivity index (χ0) is 14.3. The van der Waals surface area contributed by atoms with Gasteiger partial charge in [-0.2, -0.15) is 0 Å². The summed E-state index contributed by atoms with van der Waals surface area (Å²) in [4.78, 5) is 4.38. The van der Waals surface area contributed by atoms with Gasteiger partial charge >= 0.3 is 0 Å². The molecule has 4 heteroatoms. The van der Waals surface area contributed by atoms with Crippen molar-refractivity contribution in [3.63, 3.8) is 0 Å². The SMILES string of the molecule is Cc1cc(C(N)C2CCc3cccnc32)c(F)cc1F. The highest BCUT2D eigenvalue weighted by Crippen LogP contribution is 2.40. The van der Waals surface area contributed by atoms with Crippen LogP contribution in [0.25, 0.3) is 0 Å². The first kappa shape index (κ1) is 13.2. The molecule has 2 unspecified atom stereocenters. The predicted octanol–water partition coefficient (Wildman–Crippen LogP) is 3.40. The minimum Gasteiger partial charge on any atom is -0.323 e. The van der Waals surface area contributed by atoms with E-state index in [0.717, 1.165) is 24.6 Å². The number of benzene rings is 1. The second-order valence-electron chi connectivity index (χ2n) is 5.34. The summed E-state index contributed by atoms with van der Waals surface area (Å²) >= 11 is 0. The van der Waals surface area contributed by atoms with Crippen molar-refractivity contribution in [3.05, 3.63) is 64.5 Å². The predicted molar refractivity (Wildman–Crippen MR) is 73.3 cm³/mol. The number of hydrogen-bond acceptors (Lipinski definition) is 2. The van der Waals surface area contributed by atoms with Gasteiger partial charge in [-0.05, 0) is 43.0 Å². The van der Waals surface area contributed by atoms with Gasteiger partial charge in [-0.1, -0.05) is 6.07 Å². The number of nitrogens with zero attached hydrogens (tertiary/aromatic N) is 1. The minimum absolute atomic E-state index is 0.00874. The lowest BCUT2D eigenvalue weighted by molar-refractivity contribution is 0.499. The van der Waals surface area contributed by atoms with Crippen LogP contribution in [-0.4, -0.2) is 4.98 Å². The normalized spacial score (nSPS) is 18.9. The van der Waals surface area contributed by atoms with Gasteiger partial charge in [0.1, 0.15) is 11.6 Å². The molecule has 0 aliphatic heterocycles. The number of halogens is 2. The first-order valence-electron chi connectivity index (χ1n) is 6.73. The molecule has 1 aromatic heterocycles. The number of hydrogen-bond donors (Lipinski definition) is 1. The third-order valence-electron chi connectivity index (χ3n) is 4.07. The summed E-state index contributed by atoms with van der Waals surface area (Å²) in [5.74, 6) is -1.13. The van der Waals surface area contributed by atoms with Crippen LogP contribution in [0, 0.1) is 18.6 Å². The Bertz CT molecular complexity index is 655. The first-order chi connectivity index (χ1) is 9.58. The Balaban J connectivity index is 1.98. The van der Waals surface area contributed by atoms with Crippen LogP contribution in [0.5, 0.6) is 0 Å². The lowest BCUT2D eigenvalue weighted by Crippen LogP contribution is -2.20. The minimum atomic E-state index is -0.579. The molecule has 0 saturated heterocycles. The van der Waals surface area contributed by atoms with Gasteiger partial charge in [0.2, 0.25) is 0 Å². The van der Waals surface area contributed by atoms with Crippen molar-refractivity contribution in [1.29, 1.82) is 0 Å². The highest BCUT2D eigenvalue weighted by molar-refractivity contribution is 5.35. The largest absolute Gasteiger partial charge is 0.323 e. The van der Waals surface area contributed by atoms with Crippen LogP contribution in [0.1, 0.15) is 40.8 Å². The van der Waals surface area contributed by atoms with E-state index in [2.05, 4.69) is 4.98 Å². The summed E-state index contributed by atoms with van der Waals surface area (Å²) in [7, 11) is 0. The van der Waals surface area contributed by atoms with Gasteiger partial charge in [-0.15, -0.1) is 0 Å². The van der Waals surface area contributed by atoms with Crippen LogP contribution in [0.3, 0.4) is 0 Å². The molecule has 0 radical (unpaired) electrons. The maximum atomic E-state index is 14.0. The Morgan fingerprint density at radius 1 is 1.30 bits per heavy atom. The molecular formula is C16H16F2N2. The van der Waals surface area contributed by atoms with Crippen molar-refractivity contribution in [2.24, 2.45) is 5.73 Å². The van der Waals surface area contributed by atoms with Crippen LogP contribution in [-0.2, 0) is 6.42 Å². The van der Waals surface area contributed by atoms with Gasteiger partial charge in [0.25, 0.3) is 0 Å². The maximum Gasteiger partial charge on any atom is 0.130 e. The van der Waals surface area contributed by atoms with Crippen LogP contribution >= 0.6 is 0 Å². The third kappa shape index (κ3) is 2.10. The zero-order valence-electron chi connectivity index (χ0n) is 11.2. The van der Waals surface area contributed by atoms with Gasteiger partial charge in [-0.3, -0.25) is 4.98 Å². The molecule has 2 aromatic rings. The van der Waals surface area contributed by atoms with Gasteiger partial charge in [0, 0.05) is 35.5 Å². The molecule has 1 aliphatic carbocycles. The van der Waals surface area contributed by atoms with E-state index in [1.54, 1.807) is 13.1 Å². The molecule has 0 saturated carbocycles. The molecule has 0 spiro atoms. The van der Waals surface area contributed by atoms with Gasteiger partial charge in [0.05, 0.1) is 0 Å². The third-order valence-corrected chi connectivity index (χ3v) is 4.07. The molecule has 2 atom stereocenters. The number of aryl methyl sites for hydroxylation is 2. The van der Waals surface area contributed by atoms with E-state index in [-0.39, 0.29) is 5.92 Å². The lowest BCUT2D eigenvalue weighted by Gasteiger charge is -2.21. The standard InChI is InChI=1S/C16H16F2N2/c1-9-7-12(14(18)8-13(9)17)15(19)11-5-4-10-3-2-6-20-16(10)11/h2-3,6-8,11,15H,4-5,19H2,1H3. The quantitative estimate of drug-likeness (QED) is 0.911. The Hall–Kier alpha value is -1.81. The van der Waals surface area contributed by atoms with E-state index in [1.165, 1.54) is 11.6 Å². The second-order valence-corrected chi connectivity index (χ2v) is 5.34. The lowest BCUT2D eigenvalue weighted by atomic mass is 9.90. The van der Waals surface area contributed by atoms with E-state index in [1.807, 2.05) is 12.1 Å². The van der Waals surface area contributed by atoms with Crippen molar-refractivity contribution in [3.8, 4) is 0 Å². The monoisotopic (exact) mass is 274 g/mol. The van der Waals surface area contributed by atoms with Crippen molar-refractivity contribution in [2.75, 3.05) is 0 Å². The van der Waals surface area contributed by atoms with Gasteiger partial charge in [-0.25, -0.2) is 8.78 Å². The molecule has 1 aromatic carbocycles. The first-order valence-corrected chi connectivity index (χ1v) is 6.73. The topological polar surface area (TPSA) is 38.9 Å². The Kier molecular flexibility index (Phi) is 3.26. The van der Waals surface area contributed by atoms with Gasteiger partial charge < -0.3 is 5.73 Å². The number of fused-ring (bicyclic) bond motifs is 1. The van der Waals surface area contributed by atoms with Crippen LogP contribution < -0.4 is 5.73 Å². The van der Waals surface area contributed by atoms with Crippen molar-refractivity contribution in [1.82, 2.24) is 4.98 Å². The summed E-state index contributed by atoms with van der Waals surface area (Å²) in [6, 6.07) is 5.86. The number of rotatable bonds is 2. The molecule has 20 heavy (non-hydrogen) atoms. The number of nitrogens with two attached hydrogens (primary N) is 1. The van der Waals surface area contributed by atoms with E-state index < -0.39 is 17.7 Å². The van der Waals surface area contributed by atoms with Crippen LogP contribution in [0.2, 0.25) is 0 Å². The Labute approximate surface area is 116 Å². The van der Waals surface area contributed by atoms with E-state index >= 15 is 0 Å². The fourth-order valence-corrected chi connectivity index (χ4v) is 2.95. The van der Waals surface area contributed by atoms with Crippen LogP contribution in [0.15, 0.2) is 30.5 Å². The van der Waals surface area contributed by atoms with E-state index in [0.29, 0.717) is 11.1 Å². The number of aromatic nitrogens is 1. The average molecular weight is 274 g/mol. The average Bonchev–Trinajstić information content (AvgIpc) is 2.86. The summed E-state index contributed by atoms with van der Waals surface area (Å²) in [6.07, 6.45) is 3.49. The second kappa shape index (κ2) is 4.94. The highest BCUT2D eigenvalue weighted by atomic mass is 19.1. The maximum absolute atomic E-state index is 14.0. The molecule has 0 bridgehead atoms. The molecular weight excluding hydrogens is 258 g/mol. The Morgan fingerprint density at radius 3 is 2.90 bits per heavy atom. The van der Waals surface area contributed by atoms with E-state index in [9.17, 15) is 8.78 Å². The smallest absolute Gasteiger partial charge is 0.130 e. The summed E-state index contributed by atoms with van der Waals surface area (Å²) in [5, 5.41) is 0. The fourth-order valence-electron chi connectivity index (χ4n) is 2.95. The molecule has 0 amide bonds. The summed E-state index contributed by atoms with van der Waals surface area (Å²) in [5.41, 5.74) is 9.13. The highest BCUT2D eigenvalue weighted by Gasteiger charge is 2.31. The molecule has 104 valence electrons. The van der Waals surface area contributed by atoms with E-state index in [4.69, 9.17) is 5.73 Å². The van der Waals surface area contributed by atoms with Crippen molar-refractivity contribution < 1.29 is 8.78 Å². The summed E-state index contributed by atoms with van der Waals surface area (Å²) < 4.78 is 27.3. The molecule has 2 N–H and O–H groups in total. The molecule has 3 rings (SSSR count). The zero-order valence-corrected chi connectivity index (χ0v) is 11.2. The molecule has 1 aliphatic rings. The fraction of sp³-hybridized carbons (Fsp3) is 0.312. The van der Waals surface area contributed by atoms with Crippen LogP contribution in [0.4, 0.5) is 8.78 Å². The Morgan fingerprint density at radius 2 is 2.10 bits per heavy atom. The summed E-state index contributed by atoms with van der Waals surface area (Å²) in [6.45, 7) is 1.62. The van der Waals surface area contributed by atoms with Gasteiger partial charge in [0.15, 0.2) is 0 Å². The molecule has 0 fully saturated rings. The van der Waals surface area contributed by atoms with Crippen molar-refractivity contribution in [2.45, 2.75) is 31.7 Å². The number of pyridine rings is 1.